The standard InChI is InChI=1S/C33H36F2N4O4.ClH/c1-21(2)43-30-25(20-40)33(34,35)28(32(42)36-18-19-38(4)5)29(27(30)31(41)37-24-15-7-6-8-16-24)39-22(3)12-11-14-23-13-9-10-17-26(23)39;/h6-10,13,15-17,21H,3,11-12,14,18-19H2,1-2,4-5H3,(H,36,42)(H,37,41);1H. The van der Waals surface area contributed by atoms with Gasteiger partial charge in [-0.3, -0.25) is 9.59 Å². The zero-order valence-electron chi connectivity index (χ0n) is 25.2. The molecule has 0 spiro atoms. The van der Waals surface area contributed by atoms with Gasteiger partial charge in [0.05, 0.1) is 11.8 Å². The molecular weight excluding hydrogens is 590 g/mol. The molecule has 234 valence electrons. The van der Waals surface area contributed by atoms with Gasteiger partial charge in [-0.05, 0) is 71.0 Å². The van der Waals surface area contributed by atoms with Crippen LogP contribution in [0.2, 0.25) is 0 Å². The van der Waals surface area contributed by atoms with E-state index in [1.54, 1.807) is 75.3 Å². The summed E-state index contributed by atoms with van der Waals surface area (Å²) in [4.78, 5) is 43.5. The van der Waals surface area contributed by atoms with Gasteiger partial charge in [-0.15, -0.1) is 12.4 Å². The van der Waals surface area contributed by atoms with Crippen LogP contribution in [0.5, 0.6) is 0 Å². The highest BCUT2D eigenvalue weighted by molar-refractivity contribution is 6.13. The Morgan fingerprint density at radius 3 is 2.36 bits per heavy atom. The summed E-state index contributed by atoms with van der Waals surface area (Å²) >= 11 is 0. The second-order valence-electron chi connectivity index (χ2n) is 10.9. The third-order valence-electron chi connectivity index (χ3n) is 7.03. The molecule has 1 aliphatic heterocycles. The molecule has 0 aromatic heterocycles. The Labute approximate surface area is 262 Å². The number of likely N-dealkylation sites (N-methyl/N-ethyl adjacent to an activating group) is 1. The van der Waals surface area contributed by atoms with Crippen molar-refractivity contribution in [3.8, 4) is 0 Å². The minimum absolute atomic E-state index is 0. The van der Waals surface area contributed by atoms with Crippen molar-refractivity contribution in [2.45, 2.75) is 45.1 Å². The van der Waals surface area contributed by atoms with E-state index >= 15 is 8.78 Å². The van der Waals surface area contributed by atoms with E-state index in [2.05, 4.69) is 17.2 Å². The molecule has 0 atom stereocenters. The molecule has 2 N–H and O–H groups in total. The van der Waals surface area contributed by atoms with Crippen molar-refractivity contribution in [1.82, 2.24) is 10.2 Å². The number of alkyl halides is 2. The summed E-state index contributed by atoms with van der Waals surface area (Å²) in [6.45, 7) is 7.78. The minimum atomic E-state index is -4.17. The average molecular weight is 627 g/mol. The van der Waals surface area contributed by atoms with Crippen molar-refractivity contribution in [2.75, 3.05) is 37.4 Å². The Hall–Kier alpha value is -4.24. The van der Waals surface area contributed by atoms with Gasteiger partial charge < -0.3 is 25.2 Å². The quantitative estimate of drug-likeness (QED) is 0.361. The monoisotopic (exact) mass is 626 g/mol. The molecule has 44 heavy (non-hydrogen) atoms. The first-order valence-electron chi connectivity index (χ1n) is 14.1. The molecule has 2 amide bonds. The van der Waals surface area contributed by atoms with Crippen molar-refractivity contribution >= 4 is 41.5 Å². The second kappa shape index (κ2) is 14.5. The molecule has 11 heteroatoms. The third kappa shape index (κ3) is 7.10. The highest BCUT2D eigenvalue weighted by atomic mass is 35.5. The van der Waals surface area contributed by atoms with Gasteiger partial charge >= 0.3 is 5.92 Å². The van der Waals surface area contributed by atoms with Crippen molar-refractivity contribution in [3.05, 3.63) is 101 Å². The largest absolute Gasteiger partial charge is 0.489 e. The molecule has 8 nitrogen and oxygen atoms in total. The van der Waals surface area contributed by atoms with Gasteiger partial charge in [0.25, 0.3) is 11.8 Å². The van der Waals surface area contributed by atoms with Crippen LogP contribution in [0.4, 0.5) is 20.2 Å². The van der Waals surface area contributed by atoms with Gasteiger partial charge in [-0.1, -0.05) is 43.0 Å². The molecule has 0 bridgehead atoms. The fraction of sp³-hybridized carbons (Fsp3) is 0.333. The summed E-state index contributed by atoms with van der Waals surface area (Å²) in [6.07, 6.45) is 1.00. The number of nitrogens with zero attached hydrogens (tertiary/aromatic N) is 2. The van der Waals surface area contributed by atoms with Crippen LogP contribution >= 0.6 is 12.4 Å². The van der Waals surface area contributed by atoms with Crippen molar-refractivity contribution < 1.29 is 27.9 Å². The Balaban J connectivity index is 0.00000529. The van der Waals surface area contributed by atoms with E-state index in [4.69, 9.17) is 4.74 Å². The topological polar surface area (TPSA) is 91.0 Å². The number of allylic oxidation sites excluding steroid dienone is 2. The lowest BCUT2D eigenvalue weighted by Crippen LogP contribution is -2.46. The average Bonchev–Trinajstić information content (AvgIpc) is 3.10. The van der Waals surface area contributed by atoms with Crippen LogP contribution < -0.4 is 15.5 Å². The summed E-state index contributed by atoms with van der Waals surface area (Å²) < 4.78 is 39.1. The number of rotatable bonds is 9. The number of hydrogen-bond acceptors (Lipinski definition) is 6. The number of carbonyl (C=O) groups excluding carboxylic acids is 3. The second-order valence-corrected chi connectivity index (χ2v) is 10.9. The van der Waals surface area contributed by atoms with Crippen LogP contribution in [-0.2, 0) is 25.5 Å². The molecule has 4 rings (SSSR count). The van der Waals surface area contributed by atoms with Crippen molar-refractivity contribution in [3.63, 3.8) is 0 Å². The van der Waals surface area contributed by atoms with E-state index in [1.807, 2.05) is 12.1 Å². The van der Waals surface area contributed by atoms with Gasteiger partial charge in [0, 0.05) is 30.2 Å². The van der Waals surface area contributed by atoms with E-state index in [-0.39, 0.29) is 19.0 Å². The first kappa shape index (κ1) is 34.3. The fourth-order valence-corrected chi connectivity index (χ4v) is 5.10. The summed E-state index contributed by atoms with van der Waals surface area (Å²) in [7, 11) is 3.56. The number of amides is 2. The van der Waals surface area contributed by atoms with E-state index < -0.39 is 52.0 Å². The van der Waals surface area contributed by atoms with Crippen LogP contribution in [0.25, 0.3) is 0 Å². The highest BCUT2D eigenvalue weighted by Crippen LogP contribution is 2.49. The van der Waals surface area contributed by atoms with Crippen LogP contribution in [0.3, 0.4) is 0 Å². The molecule has 0 saturated carbocycles. The zero-order chi connectivity index (χ0) is 31.3. The predicted octanol–water partition coefficient (Wildman–Crippen LogP) is 5.42. The number of nitrogens with one attached hydrogen (secondary N) is 2. The molecule has 0 radical (unpaired) electrons. The maximum Gasteiger partial charge on any atom is 0.319 e. The Bertz CT molecular complexity index is 1530. The van der Waals surface area contributed by atoms with Gasteiger partial charge in [0.1, 0.15) is 17.1 Å². The molecule has 1 aliphatic carbocycles. The van der Waals surface area contributed by atoms with Crippen LogP contribution in [0.15, 0.2) is 95.0 Å². The molecule has 1 heterocycles. The van der Waals surface area contributed by atoms with E-state index in [0.29, 0.717) is 42.9 Å². The molecule has 0 saturated heterocycles. The lowest BCUT2D eigenvalue weighted by molar-refractivity contribution is -0.120. The maximum atomic E-state index is 16.6. The number of halogens is 3. The Morgan fingerprint density at radius 1 is 1.07 bits per heavy atom. The van der Waals surface area contributed by atoms with Crippen molar-refractivity contribution in [1.29, 1.82) is 0 Å². The molecule has 2 aromatic rings. The number of aryl methyl sites for hydroxylation is 1. The highest BCUT2D eigenvalue weighted by Gasteiger charge is 2.55. The smallest absolute Gasteiger partial charge is 0.319 e. The van der Waals surface area contributed by atoms with E-state index in [0.717, 1.165) is 5.56 Å². The van der Waals surface area contributed by atoms with Gasteiger partial charge in [-0.2, -0.15) is 8.78 Å². The number of hydrogen-bond donors (Lipinski definition) is 2. The van der Waals surface area contributed by atoms with Crippen molar-refractivity contribution in [2.24, 2.45) is 0 Å². The lowest BCUT2D eigenvalue weighted by Gasteiger charge is -2.38. The van der Waals surface area contributed by atoms with E-state index in [9.17, 15) is 14.4 Å². The van der Waals surface area contributed by atoms with Gasteiger partial charge in [-0.25, -0.2) is 4.79 Å². The minimum Gasteiger partial charge on any atom is -0.489 e. The predicted molar refractivity (Wildman–Crippen MR) is 169 cm³/mol. The molecular formula is C33H37ClF2N4O4. The van der Waals surface area contributed by atoms with Crippen LogP contribution in [-0.4, -0.2) is 61.9 Å². The number of benzene rings is 2. The number of carbonyl (C=O) groups is 2. The maximum absolute atomic E-state index is 16.6. The molecule has 0 fully saturated rings. The van der Waals surface area contributed by atoms with E-state index in [1.165, 1.54) is 10.8 Å². The van der Waals surface area contributed by atoms with Gasteiger partial charge in [0.2, 0.25) is 0 Å². The summed E-state index contributed by atoms with van der Waals surface area (Å²) in [6, 6.07) is 15.6. The number of para-hydroxylation sites is 2. The number of anilines is 2. The van der Waals surface area contributed by atoms with Crippen LogP contribution in [0, 0.1) is 0 Å². The lowest BCUT2D eigenvalue weighted by atomic mass is 9.84. The van der Waals surface area contributed by atoms with Gasteiger partial charge in [0.15, 0.2) is 11.3 Å². The summed E-state index contributed by atoms with van der Waals surface area (Å²) in [5.41, 5.74) is -0.957. The molecule has 0 unspecified atom stereocenters. The number of fused-ring (bicyclic) bond motifs is 1. The first-order valence-corrected chi connectivity index (χ1v) is 14.1. The molecule has 2 aromatic carbocycles. The fourth-order valence-electron chi connectivity index (χ4n) is 5.10. The first-order chi connectivity index (χ1) is 20.5. The normalized spacial score (nSPS) is 16.2. The zero-order valence-corrected chi connectivity index (χ0v) is 26.0. The SMILES string of the molecule is C=C1CCCc2ccccc2N1C1=C(C(=O)NCCN(C)C)C(F)(F)C(=C=O)C(OC(C)C)=C1C(=O)Nc1ccccc1.Cl. The Kier molecular flexibility index (Phi) is 11.3. The molecule has 2 aliphatic rings. The van der Waals surface area contributed by atoms with Crippen LogP contribution in [0.1, 0.15) is 32.3 Å². The number of ether oxygens (including phenoxy) is 1. The Morgan fingerprint density at radius 2 is 1.73 bits per heavy atom. The summed E-state index contributed by atoms with van der Waals surface area (Å²) in [5, 5.41) is 5.29. The third-order valence-corrected chi connectivity index (χ3v) is 7.03. The summed E-state index contributed by atoms with van der Waals surface area (Å²) in [5.74, 6) is -5.46.